The normalized spacial score (nSPS) is 15.4. The molecule has 0 bridgehead atoms. The van der Waals surface area contributed by atoms with E-state index in [0.717, 1.165) is 49.2 Å². The minimum absolute atomic E-state index is 0.178. The summed E-state index contributed by atoms with van der Waals surface area (Å²) >= 11 is 0. The molecule has 4 rings (SSSR count). The van der Waals surface area contributed by atoms with Crippen molar-refractivity contribution in [3.8, 4) is 11.4 Å². The highest BCUT2D eigenvalue weighted by Gasteiger charge is 2.45. The number of amides is 2. The molecule has 1 aliphatic carbocycles. The lowest BCUT2D eigenvalue weighted by Crippen LogP contribution is -2.51. The first-order chi connectivity index (χ1) is 14.6. The number of benzene rings is 2. The van der Waals surface area contributed by atoms with Gasteiger partial charge in [-0.1, -0.05) is 43.5 Å². The Balaban J connectivity index is 1.71. The van der Waals surface area contributed by atoms with Gasteiger partial charge in [-0.3, -0.25) is 0 Å². The molecule has 1 N–H and O–H groups in total. The highest BCUT2D eigenvalue weighted by Crippen LogP contribution is 2.41. The van der Waals surface area contributed by atoms with Crippen molar-refractivity contribution in [3.05, 3.63) is 60.4 Å². The standard InChI is InChI=1S/C22H26N6O2/c1-27(21(29)23-17-10-5-3-6-11-17)22(14-7-4-8-15-22)20-24-25-26-28(20)18-12-9-13-19(16-18)30-2/h3,5-6,9-13,16H,4,7-8,14-15H2,1-2H3,(H,23,29). The first-order valence-electron chi connectivity index (χ1n) is 10.2. The number of hydrogen-bond donors (Lipinski definition) is 1. The quantitative estimate of drug-likeness (QED) is 0.692. The van der Waals surface area contributed by atoms with Gasteiger partial charge >= 0.3 is 6.03 Å². The molecule has 1 fully saturated rings. The average molecular weight is 406 g/mol. The number of rotatable bonds is 5. The lowest BCUT2D eigenvalue weighted by molar-refractivity contribution is 0.0936. The zero-order valence-electron chi connectivity index (χ0n) is 17.3. The van der Waals surface area contributed by atoms with E-state index < -0.39 is 5.54 Å². The molecule has 3 aromatic rings. The lowest BCUT2D eigenvalue weighted by atomic mass is 9.79. The van der Waals surface area contributed by atoms with Gasteiger partial charge in [0.05, 0.1) is 12.8 Å². The van der Waals surface area contributed by atoms with E-state index in [1.54, 1.807) is 16.7 Å². The summed E-state index contributed by atoms with van der Waals surface area (Å²) in [7, 11) is 3.46. The summed E-state index contributed by atoms with van der Waals surface area (Å²) in [6, 6.07) is 16.9. The van der Waals surface area contributed by atoms with Crippen molar-refractivity contribution in [2.24, 2.45) is 0 Å². The van der Waals surface area contributed by atoms with Crippen molar-refractivity contribution in [2.75, 3.05) is 19.5 Å². The average Bonchev–Trinajstić information content (AvgIpc) is 3.30. The van der Waals surface area contributed by atoms with E-state index >= 15 is 0 Å². The summed E-state index contributed by atoms with van der Waals surface area (Å²) in [5.41, 5.74) is 0.966. The molecule has 8 heteroatoms. The number of nitrogens with one attached hydrogen (secondary N) is 1. The van der Waals surface area contributed by atoms with E-state index in [9.17, 15) is 4.79 Å². The van der Waals surface area contributed by atoms with Gasteiger partial charge in [0.15, 0.2) is 5.82 Å². The highest BCUT2D eigenvalue weighted by atomic mass is 16.5. The third-order valence-corrected chi connectivity index (χ3v) is 5.84. The van der Waals surface area contributed by atoms with Gasteiger partial charge in [0.2, 0.25) is 0 Å². The van der Waals surface area contributed by atoms with Crippen molar-refractivity contribution >= 4 is 11.7 Å². The van der Waals surface area contributed by atoms with Crippen LogP contribution in [-0.2, 0) is 5.54 Å². The number of urea groups is 1. The van der Waals surface area contributed by atoms with E-state index in [1.807, 2.05) is 61.6 Å². The van der Waals surface area contributed by atoms with Gasteiger partial charge in [0.1, 0.15) is 11.3 Å². The molecular weight excluding hydrogens is 380 g/mol. The fourth-order valence-electron chi connectivity index (χ4n) is 4.16. The van der Waals surface area contributed by atoms with Crippen molar-refractivity contribution in [1.29, 1.82) is 0 Å². The Hall–Kier alpha value is -3.42. The fourth-order valence-corrected chi connectivity index (χ4v) is 4.16. The zero-order chi connectivity index (χ0) is 21.0. The van der Waals surface area contributed by atoms with Gasteiger partial charge in [-0.2, -0.15) is 4.68 Å². The van der Waals surface area contributed by atoms with Crippen LogP contribution in [0.5, 0.6) is 5.75 Å². The number of anilines is 1. The Bertz CT molecular complexity index is 998. The highest BCUT2D eigenvalue weighted by molar-refractivity contribution is 5.89. The number of carbonyl (C=O) groups is 1. The van der Waals surface area contributed by atoms with Crippen molar-refractivity contribution in [3.63, 3.8) is 0 Å². The van der Waals surface area contributed by atoms with E-state index in [4.69, 9.17) is 4.74 Å². The van der Waals surface area contributed by atoms with Crippen LogP contribution in [0.25, 0.3) is 5.69 Å². The van der Waals surface area contributed by atoms with Crippen LogP contribution in [0.15, 0.2) is 54.6 Å². The first-order valence-corrected chi connectivity index (χ1v) is 10.2. The topological polar surface area (TPSA) is 85.2 Å². The van der Waals surface area contributed by atoms with E-state index in [0.29, 0.717) is 5.82 Å². The molecular formula is C22H26N6O2. The fraction of sp³-hybridized carbons (Fsp3) is 0.364. The third-order valence-electron chi connectivity index (χ3n) is 5.84. The first kappa shape index (κ1) is 19.9. The van der Waals surface area contributed by atoms with Crippen molar-refractivity contribution in [2.45, 2.75) is 37.6 Å². The van der Waals surface area contributed by atoms with Gasteiger partial charge < -0.3 is 15.0 Å². The molecule has 0 atom stereocenters. The Morgan fingerprint density at radius 1 is 1.10 bits per heavy atom. The third kappa shape index (κ3) is 3.72. The Kier molecular flexibility index (Phi) is 5.65. The summed E-state index contributed by atoms with van der Waals surface area (Å²) in [4.78, 5) is 14.9. The maximum atomic E-state index is 13.2. The van der Waals surface area contributed by atoms with E-state index in [1.165, 1.54) is 0 Å². The molecule has 1 aliphatic rings. The molecule has 0 radical (unpaired) electrons. The summed E-state index contributed by atoms with van der Waals surface area (Å²) in [5, 5.41) is 15.6. The van der Waals surface area contributed by atoms with Gasteiger partial charge in [-0.15, -0.1) is 5.10 Å². The van der Waals surface area contributed by atoms with Gasteiger partial charge in [-0.25, -0.2) is 4.79 Å². The Morgan fingerprint density at radius 3 is 2.60 bits per heavy atom. The molecule has 0 aliphatic heterocycles. The second-order valence-electron chi connectivity index (χ2n) is 7.56. The maximum Gasteiger partial charge on any atom is 0.322 e. The predicted octanol–water partition coefficient (Wildman–Crippen LogP) is 3.99. The molecule has 1 saturated carbocycles. The summed E-state index contributed by atoms with van der Waals surface area (Å²) < 4.78 is 7.08. The minimum atomic E-state index is -0.594. The summed E-state index contributed by atoms with van der Waals surface area (Å²) in [6.45, 7) is 0. The molecule has 0 unspecified atom stereocenters. The smallest absolute Gasteiger partial charge is 0.322 e. The monoisotopic (exact) mass is 406 g/mol. The number of carbonyl (C=O) groups excluding carboxylic acids is 1. The number of para-hydroxylation sites is 1. The number of tetrazole rings is 1. The van der Waals surface area contributed by atoms with Gasteiger partial charge in [-0.05, 0) is 47.5 Å². The molecule has 156 valence electrons. The number of ether oxygens (including phenoxy) is 1. The number of nitrogens with zero attached hydrogens (tertiary/aromatic N) is 5. The lowest BCUT2D eigenvalue weighted by Gasteiger charge is -2.43. The SMILES string of the molecule is COc1cccc(-n2nnnc2C2(N(C)C(=O)Nc3ccccc3)CCCCC2)c1. The van der Waals surface area contributed by atoms with Crippen LogP contribution in [0.3, 0.4) is 0 Å². The molecule has 2 aromatic carbocycles. The van der Waals surface area contributed by atoms with Gasteiger partial charge in [0, 0.05) is 18.8 Å². The summed E-state index contributed by atoms with van der Waals surface area (Å²) in [6.07, 6.45) is 4.75. The number of aromatic nitrogens is 4. The second-order valence-corrected chi connectivity index (χ2v) is 7.56. The predicted molar refractivity (Wildman–Crippen MR) is 114 cm³/mol. The number of methoxy groups -OCH3 is 1. The van der Waals surface area contributed by atoms with Crippen LogP contribution in [0, 0.1) is 0 Å². The van der Waals surface area contributed by atoms with Crippen molar-refractivity contribution < 1.29 is 9.53 Å². The van der Waals surface area contributed by atoms with E-state index in [-0.39, 0.29) is 6.03 Å². The van der Waals surface area contributed by atoms with Crippen LogP contribution in [-0.4, -0.2) is 45.3 Å². The molecule has 2 amide bonds. The van der Waals surface area contributed by atoms with Crippen molar-refractivity contribution in [1.82, 2.24) is 25.1 Å². The van der Waals surface area contributed by atoms with Crippen LogP contribution in [0.4, 0.5) is 10.5 Å². The Morgan fingerprint density at radius 2 is 1.87 bits per heavy atom. The Labute approximate surface area is 175 Å². The van der Waals surface area contributed by atoms with E-state index in [2.05, 4.69) is 20.8 Å². The molecule has 8 nitrogen and oxygen atoms in total. The van der Waals surface area contributed by atoms with Crippen LogP contribution >= 0.6 is 0 Å². The largest absolute Gasteiger partial charge is 0.497 e. The molecule has 0 saturated heterocycles. The molecule has 30 heavy (non-hydrogen) atoms. The van der Waals surface area contributed by atoms with Crippen LogP contribution in [0.2, 0.25) is 0 Å². The molecule has 1 heterocycles. The second kappa shape index (κ2) is 8.52. The zero-order valence-corrected chi connectivity index (χ0v) is 17.3. The molecule has 1 aromatic heterocycles. The maximum absolute atomic E-state index is 13.2. The molecule has 0 spiro atoms. The van der Waals surface area contributed by atoms with Crippen LogP contribution in [0.1, 0.15) is 37.9 Å². The summed E-state index contributed by atoms with van der Waals surface area (Å²) in [5.74, 6) is 1.39. The van der Waals surface area contributed by atoms with Gasteiger partial charge in [0.25, 0.3) is 0 Å². The van der Waals surface area contributed by atoms with Crippen LogP contribution < -0.4 is 10.1 Å². The number of hydrogen-bond acceptors (Lipinski definition) is 5. The minimum Gasteiger partial charge on any atom is -0.497 e.